The smallest absolute Gasteiger partial charge is 0.336 e. The Hall–Kier alpha value is -4.34. The number of hydrogen-bond acceptors (Lipinski definition) is 5. The highest BCUT2D eigenvalue weighted by atomic mass is 35.5. The summed E-state index contributed by atoms with van der Waals surface area (Å²) in [5.41, 5.74) is 1.00. The molecule has 0 aliphatic rings. The van der Waals surface area contributed by atoms with E-state index in [1.807, 2.05) is 0 Å². The van der Waals surface area contributed by atoms with Gasteiger partial charge in [0.2, 0.25) is 5.91 Å². The number of carboxylic acids is 2. The number of benzene rings is 4. The van der Waals surface area contributed by atoms with Crippen LogP contribution in [0.4, 0.5) is 11.4 Å². The summed E-state index contributed by atoms with van der Waals surface area (Å²) < 4.78 is 0. The Balaban J connectivity index is 1.44. The fraction of sp³-hybridized carbons (Fsp3) is 0.0714. The molecule has 1 atom stereocenters. The van der Waals surface area contributed by atoms with E-state index in [9.17, 15) is 24.3 Å². The van der Waals surface area contributed by atoms with Gasteiger partial charge in [0.25, 0.3) is 5.91 Å². The van der Waals surface area contributed by atoms with E-state index in [2.05, 4.69) is 10.6 Å². The van der Waals surface area contributed by atoms with Crippen LogP contribution in [-0.4, -0.2) is 39.2 Å². The zero-order valence-electron chi connectivity index (χ0n) is 19.9. The maximum atomic E-state index is 13.0. The predicted molar refractivity (Wildman–Crippen MR) is 148 cm³/mol. The number of hydrogen-bond donors (Lipinski definition) is 4. The van der Waals surface area contributed by atoms with Gasteiger partial charge in [-0.15, -0.1) is 11.8 Å². The van der Waals surface area contributed by atoms with Gasteiger partial charge in [0, 0.05) is 21.5 Å². The van der Waals surface area contributed by atoms with Crippen molar-refractivity contribution < 1.29 is 29.4 Å². The molecule has 0 spiro atoms. The third-order valence-corrected chi connectivity index (χ3v) is 7.09. The summed E-state index contributed by atoms with van der Waals surface area (Å²) in [4.78, 5) is 49.3. The average Bonchev–Trinajstić information content (AvgIpc) is 2.89. The highest BCUT2D eigenvalue weighted by molar-refractivity contribution is 8.00. The third kappa shape index (κ3) is 5.96. The normalized spacial score (nSPS) is 11.5. The van der Waals surface area contributed by atoms with Gasteiger partial charge in [-0.1, -0.05) is 35.9 Å². The topological polar surface area (TPSA) is 133 Å². The number of aromatic carboxylic acids is 2. The van der Waals surface area contributed by atoms with Crippen LogP contribution in [0.1, 0.15) is 38.0 Å². The second kappa shape index (κ2) is 11.4. The second-order valence-corrected chi connectivity index (χ2v) is 10.1. The van der Waals surface area contributed by atoms with Crippen LogP contribution < -0.4 is 10.6 Å². The summed E-state index contributed by atoms with van der Waals surface area (Å²) >= 11 is 7.36. The largest absolute Gasteiger partial charge is 0.478 e. The maximum Gasteiger partial charge on any atom is 0.336 e. The first-order chi connectivity index (χ1) is 18.1. The van der Waals surface area contributed by atoms with Crippen molar-refractivity contribution in [2.75, 3.05) is 10.6 Å². The van der Waals surface area contributed by atoms with Crippen molar-refractivity contribution in [3.05, 3.63) is 101 Å². The van der Waals surface area contributed by atoms with Crippen molar-refractivity contribution in [2.24, 2.45) is 0 Å². The van der Waals surface area contributed by atoms with Crippen LogP contribution in [0.2, 0.25) is 5.02 Å². The van der Waals surface area contributed by atoms with E-state index < -0.39 is 23.1 Å². The highest BCUT2D eigenvalue weighted by Gasteiger charge is 2.19. The first-order valence-electron chi connectivity index (χ1n) is 11.3. The van der Waals surface area contributed by atoms with E-state index in [-0.39, 0.29) is 33.3 Å². The third-order valence-electron chi connectivity index (χ3n) is 5.65. The molecule has 192 valence electrons. The van der Waals surface area contributed by atoms with Crippen molar-refractivity contribution in [3.63, 3.8) is 0 Å². The molecular formula is C28H21ClN2O6S. The summed E-state index contributed by atoms with van der Waals surface area (Å²) in [7, 11) is 0. The van der Waals surface area contributed by atoms with E-state index in [0.29, 0.717) is 16.5 Å². The fourth-order valence-electron chi connectivity index (χ4n) is 3.77. The lowest BCUT2D eigenvalue weighted by Gasteiger charge is -2.14. The molecule has 4 rings (SSSR count). The monoisotopic (exact) mass is 548 g/mol. The standard InChI is InChI=1S/C28H21ClN2O6S/c1-15(25(32)31-23-14-17(27(34)35)8-13-22(23)29)38-19-11-9-18(10-12-19)30-26(33)20-6-2-4-16-5-3-7-21(24(16)20)28(36)37/h2-15H,1H3,(H,30,33)(H,31,32)(H,34,35)(H,36,37). The fourth-order valence-corrected chi connectivity index (χ4v) is 4.80. The number of carbonyl (C=O) groups is 4. The number of carboxylic acid groups (broad SMARTS) is 2. The molecule has 0 saturated carbocycles. The summed E-state index contributed by atoms with van der Waals surface area (Å²) in [5, 5.41) is 24.8. The van der Waals surface area contributed by atoms with E-state index >= 15 is 0 Å². The van der Waals surface area contributed by atoms with Gasteiger partial charge in [-0.05, 0) is 66.9 Å². The maximum absolute atomic E-state index is 13.0. The van der Waals surface area contributed by atoms with Crippen LogP contribution in [0, 0.1) is 0 Å². The van der Waals surface area contributed by atoms with Crippen molar-refractivity contribution in [3.8, 4) is 0 Å². The Morgan fingerprint density at radius 2 is 1.47 bits per heavy atom. The van der Waals surface area contributed by atoms with Gasteiger partial charge in [-0.2, -0.15) is 0 Å². The molecule has 10 heteroatoms. The van der Waals surface area contributed by atoms with Gasteiger partial charge in [0.15, 0.2) is 0 Å². The number of carbonyl (C=O) groups excluding carboxylic acids is 2. The molecule has 1 unspecified atom stereocenters. The lowest BCUT2D eigenvalue weighted by molar-refractivity contribution is -0.115. The van der Waals surface area contributed by atoms with Gasteiger partial charge < -0.3 is 20.8 Å². The Morgan fingerprint density at radius 1 is 0.816 bits per heavy atom. The summed E-state index contributed by atoms with van der Waals surface area (Å²) in [6.45, 7) is 1.70. The number of halogens is 1. The van der Waals surface area contributed by atoms with Gasteiger partial charge in [-0.25, -0.2) is 9.59 Å². The van der Waals surface area contributed by atoms with E-state index in [1.54, 1.807) is 61.5 Å². The molecule has 0 heterocycles. The second-order valence-electron chi connectivity index (χ2n) is 8.24. The molecule has 0 fully saturated rings. The molecule has 2 amide bonds. The van der Waals surface area contributed by atoms with Crippen LogP contribution in [0.25, 0.3) is 10.8 Å². The van der Waals surface area contributed by atoms with Crippen LogP contribution in [0.15, 0.2) is 83.8 Å². The van der Waals surface area contributed by atoms with Gasteiger partial charge >= 0.3 is 11.9 Å². The van der Waals surface area contributed by atoms with Crippen molar-refractivity contribution in [2.45, 2.75) is 17.1 Å². The molecule has 4 aromatic carbocycles. The number of amides is 2. The zero-order valence-corrected chi connectivity index (χ0v) is 21.5. The molecule has 8 nitrogen and oxygen atoms in total. The van der Waals surface area contributed by atoms with Crippen molar-refractivity contribution in [1.82, 2.24) is 0 Å². The zero-order chi connectivity index (χ0) is 27.4. The van der Waals surface area contributed by atoms with Crippen LogP contribution in [0.3, 0.4) is 0 Å². The number of rotatable bonds is 8. The lowest BCUT2D eigenvalue weighted by Crippen LogP contribution is -2.22. The summed E-state index contributed by atoms with van der Waals surface area (Å²) in [6, 6.07) is 20.8. The Bertz CT molecular complexity index is 1570. The molecular weight excluding hydrogens is 528 g/mol. The summed E-state index contributed by atoms with van der Waals surface area (Å²) in [6.07, 6.45) is 0. The van der Waals surface area contributed by atoms with Crippen LogP contribution in [-0.2, 0) is 4.79 Å². The summed E-state index contributed by atoms with van der Waals surface area (Å²) in [5.74, 6) is -3.05. The number of thioether (sulfide) groups is 1. The number of anilines is 2. The minimum absolute atomic E-state index is 0.00493. The first-order valence-corrected chi connectivity index (χ1v) is 12.6. The Kier molecular flexibility index (Phi) is 7.99. The molecule has 0 aromatic heterocycles. The quantitative estimate of drug-likeness (QED) is 0.191. The molecule has 4 aromatic rings. The minimum Gasteiger partial charge on any atom is -0.478 e. The number of nitrogens with one attached hydrogen (secondary N) is 2. The average molecular weight is 549 g/mol. The van der Waals surface area contributed by atoms with Crippen molar-refractivity contribution in [1.29, 1.82) is 0 Å². The first kappa shape index (κ1) is 26.7. The molecule has 0 saturated heterocycles. The minimum atomic E-state index is -1.13. The Labute approximate surface area is 226 Å². The van der Waals surface area contributed by atoms with E-state index in [4.69, 9.17) is 16.7 Å². The Morgan fingerprint density at radius 3 is 2.11 bits per heavy atom. The number of fused-ring (bicyclic) bond motifs is 1. The van der Waals surface area contributed by atoms with Crippen LogP contribution in [0.5, 0.6) is 0 Å². The molecule has 0 aliphatic carbocycles. The highest BCUT2D eigenvalue weighted by Crippen LogP contribution is 2.29. The van der Waals surface area contributed by atoms with E-state index in [0.717, 1.165) is 4.90 Å². The predicted octanol–water partition coefficient (Wildman–Crippen LogP) is 6.26. The molecule has 38 heavy (non-hydrogen) atoms. The molecule has 0 aliphatic heterocycles. The van der Waals surface area contributed by atoms with Crippen molar-refractivity contribution >= 4 is 69.3 Å². The van der Waals surface area contributed by atoms with Gasteiger partial charge in [-0.3, -0.25) is 9.59 Å². The molecule has 0 radical (unpaired) electrons. The van der Waals surface area contributed by atoms with Gasteiger partial charge in [0.1, 0.15) is 0 Å². The lowest BCUT2D eigenvalue weighted by atomic mass is 9.98. The SMILES string of the molecule is CC(Sc1ccc(NC(=O)c2cccc3cccc(C(=O)O)c23)cc1)C(=O)Nc1cc(C(=O)O)ccc1Cl. The molecule has 4 N–H and O–H groups in total. The molecule has 0 bridgehead atoms. The van der Waals surface area contributed by atoms with E-state index in [1.165, 1.54) is 36.0 Å². The van der Waals surface area contributed by atoms with Crippen LogP contribution >= 0.6 is 23.4 Å². The van der Waals surface area contributed by atoms with Gasteiger partial charge in [0.05, 0.1) is 27.1 Å².